The normalized spacial score (nSPS) is 16.6. The van der Waals surface area contributed by atoms with Gasteiger partial charge in [-0.15, -0.1) is 0 Å². The molecule has 29 heavy (non-hydrogen) atoms. The van der Waals surface area contributed by atoms with Crippen LogP contribution in [0.5, 0.6) is 0 Å². The van der Waals surface area contributed by atoms with Crippen LogP contribution in [0, 0.1) is 12.7 Å². The number of urea groups is 1. The summed E-state index contributed by atoms with van der Waals surface area (Å²) in [6, 6.07) is 5.31. The van der Waals surface area contributed by atoms with Gasteiger partial charge < -0.3 is 20.1 Å². The first-order valence-electron chi connectivity index (χ1n) is 9.79. The molecule has 2 heterocycles. The number of nitrogens with zero attached hydrogens (tertiary/aromatic N) is 2. The summed E-state index contributed by atoms with van der Waals surface area (Å²) in [4.78, 5) is 44.1. The number of benzene rings is 1. The maximum absolute atomic E-state index is 13.0. The average molecular weight is 398 g/mol. The van der Waals surface area contributed by atoms with Gasteiger partial charge in [0.15, 0.2) is 5.78 Å². The lowest BCUT2D eigenvalue weighted by Crippen LogP contribution is -2.51. The molecule has 0 bridgehead atoms. The smallest absolute Gasteiger partial charge is 0.321 e. The Morgan fingerprint density at radius 3 is 2.34 bits per heavy atom. The number of amides is 3. The number of fused-ring (bicyclic) bond motifs is 1. The third-order valence-electron chi connectivity index (χ3n) is 5.60. The van der Waals surface area contributed by atoms with Gasteiger partial charge >= 0.3 is 6.03 Å². The molecular weight excluding hydrogens is 375 g/mol. The second-order valence-electron chi connectivity index (χ2n) is 7.47. The first-order chi connectivity index (χ1) is 13.9. The van der Waals surface area contributed by atoms with Gasteiger partial charge in [0.25, 0.3) is 5.91 Å². The molecule has 1 aliphatic heterocycles. The fraction of sp³-hybridized carbons (Fsp3) is 0.381. The Kier molecular flexibility index (Phi) is 5.08. The molecule has 1 saturated heterocycles. The Morgan fingerprint density at radius 1 is 1.03 bits per heavy atom. The Balaban J connectivity index is 1.38. The molecule has 0 atom stereocenters. The summed E-state index contributed by atoms with van der Waals surface area (Å²) < 4.78 is 13.0. The zero-order chi connectivity index (χ0) is 20.5. The second-order valence-corrected chi connectivity index (χ2v) is 7.47. The van der Waals surface area contributed by atoms with Crippen LogP contribution < -0.4 is 5.32 Å². The summed E-state index contributed by atoms with van der Waals surface area (Å²) in [5.74, 6) is -0.400. The highest BCUT2D eigenvalue weighted by atomic mass is 19.1. The predicted octanol–water partition coefficient (Wildman–Crippen LogP) is 2.97. The van der Waals surface area contributed by atoms with Crippen molar-refractivity contribution in [3.05, 3.63) is 52.6 Å². The Bertz CT molecular complexity index is 959. The zero-order valence-corrected chi connectivity index (χ0v) is 16.3. The minimum atomic E-state index is -0.363. The number of hydrogen-bond acceptors (Lipinski definition) is 3. The summed E-state index contributed by atoms with van der Waals surface area (Å²) in [7, 11) is 0. The van der Waals surface area contributed by atoms with E-state index in [4.69, 9.17) is 0 Å². The number of anilines is 1. The van der Waals surface area contributed by atoms with Crippen molar-refractivity contribution in [2.24, 2.45) is 0 Å². The number of carbonyl (C=O) groups excluding carboxylic acids is 3. The first-order valence-corrected chi connectivity index (χ1v) is 9.79. The number of aromatic nitrogens is 1. The van der Waals surface area contributed by atoms with E-state index in [1.54, 1.807) is 9.80 Å². The summed E-state index contributed by atoms with van der Waals surface area (Å²) in [5, 5.41) is 2.73. The first kappa shape index (κ1) is 19.2. The van der Waals surface area contributed by atoms with E-state index in [0.717, 1.165) is 24.1 Å². The number of Topliss-reactive ketones (excluding diaryl/α,β-unsaturated/α-hetero) is 1. The Hall–Kier alpha value is -3.16. The van der Waals surface area contributed by atoms with E-state index in [0.29, 0.717) is 49.5 Å². The molecule has 0 spiro atoms. The molecule has 1 aromatic heterocycles. The molecule has 4 rings (SSSR count). The predicted molar refractivity (Wildman–Crippen MR) is 106 cm³/mol. The fourth-order valence-electron chi connectivity index (χ4n) is 3.99. The van der Waals surface area contributed by atoms with E-state index in [-0.39, 0.29) is 23.5 Å². The molecule has 2 N–H and O–H groups in total. The lowest BCUT2D eigenvalue weighted by Gasteiger charge is -2.34. The number of piperazine rings is 1. The largest absolute Gasteiger partial charge is 0.354 e. The van der Waals surface area contributed by atoms with Crippen LogP contribution in [-0.2, 0) is 6.42 Å². The standard InChI is InChI=1S/C21H23FN4O3/c1-13-18-16(3-2-4-17(18)27)24-19(13)20(28)25-9-11-26(12-10-25)21(29)23-15-7-5-14(22)6-8-15/h5-8,24H,2-4,9-12H2,1H3,(H,23,29). The molecular formula is C21H23FN4O3. The van der Waals surface area contributed by atoms with Gasteiger partial charge in [-0.2, -0.15) is 0 Å². The molecule has 0 radical (unpaired) electrons. The van der Waals surface area contributed by atoms with Crippen molar-refractivity contribution in [3.63, 3.8) is 0 Å². The lowest BCUT2D eigenvalue weighted by atomic mass is 9.93. The highest BCUT2D eigenvalue weighted by molar-refractivity contribution is 6.04. The SMILES string of the molecule is Cc1c(C(=O)N2CCN(C(=O)Nc3ccc(F)cc3)CC2)[nH]c2c1C(=O)CCC2. The van der Waals surface area contributed by atoms with Gasteiger partial charge in [0.1, 0.15) is 11.5 Å². The minimum Gasteiger partial charge on any atom is -0.354 e. The van der Waals surface area contributed by atoms with Gasteiger partial charge in [0.05, 0.1) is 0 Å². The average Bonchev–Trinajstić information content (AvgIpc) is 3.07. The molecule has 152 valence electrons. The number of carbonyl (C=O) groups is 3. The van der Waals surface area contributed by atoms with Crippen LogP contribution in [0.15, 0.2) is 24.3 Å². The number of halogens is 1. The summed E-state index contributed by atoms with van der Waals surface area (Å²) in [6.45, 7) is 3.44. The monoisotopic (exact) mass is 398 g/mol. The van der Waals surface area contributed by atoms with Crippen LogP contribution in [0.3, 0.4) is 0 Å². The number of hydrogen-bond donors (Lipinski definition) is 2. The highest BCUT2D eigenvalue weighted by Gasteiger charge is 2.30. The maximum Gasteiger partial charge on any atom is 0.321 e. The Morgan fingerprint density at radius 2 is 1.69 bits per heavy atom. The zero-order valence-electron chi connectivity index (χ0n) is 16.3. The molecule has 0 saturated carbocycles. The van der Waals surface area contributed by atoms with Gasteiger partial charge in [-0.3, -0.25) is 9.59 Å². The third-order valence-corrected chi connectivity index (χ3v) is 5.60. The summed E-state index contributed by atoms with van der Waals surface area (Å²) in [6.07, 6.45) is 2.12. The van der Waals surface area contributed by atoms with Gasteiger partial charge in [0, 0.05) is 49.5 Å². The molecule has 2 aromatic rings. The van der Waals surface area contributed by atoms with Crippen LogP contribution in [0.1, 0.15) is 44.9 Å². The van der Waals surface area contributed by atoms with E-state index in [2.05, 4.69) is 10.3 Å². The van der Waals surface area contributed by atoms with E-state index < -0.39 is 0 Å². The fourth-order valence-corrected chi connectivity index (χ4v) is 3.99. The van der Waals surface area contributed by atoms with E-state index in [1.165, 1.54) is 24.3 Å². The van der Waals surface area contributed by atoms with Crippen molar-refractivity contribution in [3.8, 4) is 0 Å². The van der Waals surface area contributed by atoms with Gasteiger partial charge in [-0.25, -0.2) is 9.18 Å². The number of aryl methyl sites for hydroxylation is 1. The summed E-state index contributed by atoms with van der Waals surface area (Å²) in [5.41, 5.74) is 3.27. The number of H-pyrrole nitrogens is 1. The van der Waals surface area contributed by atoms with Gasteiger partial charge in [-0.1, -0.05) is 0 Å². The van der Waals surface area contributed by atoms with Crippen molar-refractivity contribution in [1.82, 2.24) is 14.8 Å². The number of rotatable bonds is 2. The van der Waals surface area contributed by atoms with Crippen molar-refractivity contribution in [2.45, 2.75) is 26.2 Å². The molecule has 8 heteroatoms. The quantitative estimate of drug-likeness (QED) is 0.816. The topological polar surface area (TPSA) is 85.5 Å². The third kappa shape index (κ3) is 3.74. The Labute approximate surface area is 167 Å². The van der Waals surface area contributed by atoms with Gasteiger partial charge in [0.2, 0.25) is 0 Å². The number of nitrogens with one attached hydrogen (secondary N) is 2. The van der Waals surface area contributed by atoms with Crippen molar-refractivity contribution < 1.29 is 18.8 Å². The minimum absolute atomic E-state index is 0.0985. The summed E-state index contributed by atoms with van der Waals surface area (Å²) >= 11 is 0. The van der Waals surface area contributed by atoms with Crippen molar-refractivity contribution >= 4 is 23.4 Å². The molecule has 7 nitrogen and oxygen atoms in total. The van der Waals surface area contributed by atoms with E-state index >= 15 is 0 Å². The van der Waals surface area contributed by atoms with Crippen LogP contribution >= 0.6 is 0 Å². The van der Waals surface area contributed by atoms with Crippen molar-refractivity contribution in [2.75, 3.05) is 31.5 Å². The molecule has 3 amide bonds. The molecule has 1 fully saturated rings. The number of ketones is 1. The maximum atomic E-state index is 13.0. The van der Waals surface area contributed by atoms with Crippen LogP contribution in [-0.4, -0.2) is 58.7 Å². The van der Waals surface area contributed by atoms with Crippen LogP contribution in [0.4, 0.5) is 14.9 Å². The van der Waals surface area contributed by atoms with Crippen LogP contribution in [0.25, 0.3) is 0 Å². The molecule has 1 aliphatic carbocycles. The molecule has 2 aliphatic rings. The molecule has 1 aromatic carbocycles. The highest BCUT2D eigenvalue weighted by Crippen LogP contribution is 2.27. The lowest BCUT2D eigenvalue weighted by molar-refractivity contribution is 0.0665. The molecule has 0 unspecified atom stereocenters. The van der Waals surface area contributed by atoms with Crippen molar-refractivity contribution in [1.29, 1.82) is 0 Å². The second kappa shape index (κ2) is 7.69. The van der Waals surface area contributed by atoms with Crippen LogP contribution in [0.2, 0.25) is 0 Å². The van der Waals surface area contributed by atoms with Gasteiger partial charge in [-0.05, 0) is 49.6 Å². The van der Waals surface area contributed by atoms with E-state index in [9.17, 15) is 18.8 Å². The number of aromatic amines is 1. The van der Waals surface area contributed by atoms with E-state index in [1.807, 2.05) is 6.92 Å².